The molecule has 0 spiro atoms. The predicted octanol–water partition coefficient (Wildman–Crippen LogP) is 3.29. The number of rotatable bonds is 5. The van der Waals surface area contributed by atoms with Gasteiger partial charge in [0.05, 0.1) is 6.42 Å². The van der Waals surface area contributed by atoms with E-state index in [2.05, 4.69) is 18.2 Å². The quantitative estimate of drug-likeness (QED) is 0.521. The molecule has 120 valence electrons. The van der Waals surface area contributed by atoms with E-state index in [1.807, 2.05) is 18.2 Å². The summed E-state index contributed by atoms with van der Waals surface area (Å²) in [5, 5.41) is 8.63. The molecule has 0 amide bonds. The molecule has 0 fully saturated rings. The molecule has 0 heterocycles. The number of Topliss-reactive ketones (excluding diaryl/α,β-unsaturated/α-hetero) is 2. The maximum atomic E-state index is 12.1. The Bertz CT molecular complexity index is 861. The van der Waals surface area contributed by atoms with Crippen molar-refractivity contribution < 1.29 is 19.5 Å². The fraction of sp³-hybridized carbons (Fsp3) is 0.150. The van der Waals surface area contributed by atoms with Gasteiger partial charge in [0.15, 0.2) is 5.78 Å². The maximum absolute atomic E-state index is 12.1. The second kappa shape index (κ2) is 6.62. The van der Waals surface area contributed by atoms with Crippen molar-refractivity contribution in [2.24, 2.45) is 0 Å². The van der Waals surface area contributed by atoms with Crippen molar-refractivity contribution in [2.75, 3.05) is 0 Å². The first-order valence-electron chi connectivity index (χ1n) is 7.74. The van der Waals surface area contributed by atoms with E-state index in [1.54, 1.807) is 18.2 Å². The molecule has 1 aliphatic rings. The van der Waals surface area contributed by atoms with Crippen LogP contribution in [0.2, 0.25) is 0 Å². The minimum Gasteiger partial charge on any atom is -0.475 e. The average Bonchev–Trinajstić information content (AvgIpc) is 2.61. The van der Waals surface area contributed by atoms with E-state index in [9.17, 15) is 14.4 Å². The van der Waals surface area contributed by atoms with Crippen LogP contribution in [0.4, 0.5) is 0 Å². The number of allylic oxidation sites excluding steroid dienone is 1. The highest BCUT2D eigenvalue weighted by atomic mass is 16.4. The molecule has 0 radical (unpaired) electrons. The molecule has 1 aliphatic carbocycles. The minimum atomic E-state index is -1.58. The zero-order chi connectivity index (χ0) is 17.1. The van der Waals surface area contributed by atoms with Gasteiger partial charge in [-0.2, -0.15) is 0 Å². The summed E-state index contributed by atoms with van der Waals surface area (Å²) in [5.41, 5.74) is 4.74. The first kappa shape index (κ1) is 15.9. The van der Waals surface area contributed by atoms with Crippen molar-refractivity contribution in [3.63, 3.8) is 0 Å². The zero-order valence-corrected chi connectivity index (χ0v) is 13.0. The van der Waals surface area contributed by atoms with Gasteiger partial charge >= 0.3 is 5.97 Å². The molecule has 0 unspecified atom stereocenters. The Kier molecular flexibility index (Phi) is 4.38. The van der Waals surface area contributed by atoms with Gasteiger partial charge in [-0.25, -0.2) is 4.79 Å². The third-order valence-electron chi connectivity index (χ3n) is 4.12. The van der Waals surface area contributed by atoms with Crippen LogP contribution in [0, 0.1) is 0 Å². The van der Waals surface area contributed by atoms with Crippen LogP contribution in [0.3, 0.4) is 0 Å². The molecule has 0 atom stereocenters. The Balaban J connectivity index is 1.92. The highest BCUT2D eigenvalue weighted by Crippen LogP contribution is 2.31. The van der Waals surface area contributed by atoms with Crippen molar-refractivity contribution in [1.29, 1.82) is 0 Å². The van der Waals surface area contributed by atoms with Crippen LogP contribution in [0.25, 0.3) is 5.57 Å². The third-order valence-corrected chi connectivity index (χ3v) is 4.12. The molecule has 4 heteroatoms. The van der Waals surface area contributed by atoms with Crippen molar-refractivity contribution in [3.8, 4) is 0 Å². The van der Waals surface area contributed by atoms with Gasteiger partial charge in [0.1, 0.15) is 0 Å². The van der Waals surface area contributed by atoms with E-state index in [0.717, 1.165) is 29.5 Å². The SMILES string of the molecule is O=C(O)C(=O)CC(=O)c1cccc(C2=CCCc3ccccc32)c1. The van der Waals surface area contributed by atoms with E-state index in [1.165, 1.54) is 5.56 Å². The lowest BCUT2D eigenvalue weighted by atomic mass is 9.86. The Labute approximate surface area is 139 Å². The monoisotopic (exact) mass is 320 g/mol. The molecule has 2 aromatic carbocycles. The molecule has 0 aliphatic heterocycles. The first-order valence-corrected chi connectivity index (χ1v) is 7.74. The van der Waals surface area contributed by atoms with E-state index < -0.39 is 24.0 Å². The second-order valence-electron chi connectivity index (χ2n) is 5.72. The van der Waals surface area contributed by atoms with E-state index in [4.69, 9.17) is 5.11 Å². The maximum Gasteiger partial charge on any atom is 0.372 e. The van der Waals surface area contributed by atoms with Gasteiger partial charge in [0.25, 0.3) is 0 Å². The van der Waals surface area contributed by atoms with Gasteiger partial charge in [-0.1, -0.05) is 48.5 Å². The Morgan fingerprint density at radius 3 is 2.58 bits per heavy atom. The highest BCUT2D eigenvalue weighted by Gasteiger charge is 2.19. The van der Waals surface area contributed by atoms with Crippen molar-refractivity contribution in [3.05, 3.63) is 76.9 Å². The lowest BCUT2D eigenvalue weighted by Gasteiger charge is -2.18. The Morgan fingerprint density at radius 2 is 1.79 bits per heavy atom. The standard InChI is InChI=1S/C20H16O4/c21-18(12-19(22)20(23)24)15-8-3-7-14(11-15)17-10-4-6-13-5-1-2-9-16(13)17/h1-3,5,7-11H,4,6,12H2,(H,23,24). The molecule has 0 bridgehead atoms. The van der Waals surface area contributed by atoms with E-state index in [-0.39, 0.29) is 0 Å². The third kappa shape index (κ3) is 3.18. The summed E-state index contributed by atoms with van der Waals surface area (Å²) in [6.45, 7) is 0. The van der Waals surface area contributed by atoms with E-state index >= 15 is 0 Å². The van der Waals surface area contributed by atoms with Crippen LogP contribution >= 0.6 is 0 Å². The predicted molar refractivity (Wildman–Crippen MR) is 89.9 cm³/mol. The van der Waals surface area contributed by atoms with Crippen molar-refractivity contribution >= 4 is 23.1 Å². The molecule has 0 saturated carbocycles. The normalized spacial score (nSPS) is 12.9. The fourth-order valence-corrected chi connectivity index (χ4v) is 2.94. The minimum absolute atomic E-state index is 0.353. The molecule has 2 aromatic rings. The van der Waals surface area contributed by atoms with Gasteiger partial charge < -0.3 is 5.11 Å². The van der Waals surface area contributed by atoms with Gasteiger partial charge in [-0.05, 0) is 41.2 Å². The number of aryl methyl sites for hydroxylation is 1. The molecule has 0 aromatic heterocycles. The summed E-state index contributed by atoms with van der Waals surface area (Å²) in [6.07, 6.45) is 3.45. The summed E-state index contributed by atoms with van der Waals surface area (Å²) >= 11 is 0. The number of benzene rings is 2. The van der Waals surface area contributed by atoms with Crippen LogP contribution in [0.15, 0.2) is 54.6 Å². The van der Waals surface area contributed by atoms with Crippen LogP contribution in [-0.2, 0) is 16.0 Å². The number of carboxylic acids is 1. The van der Waals surface area contributed by atoms with Crippen LogP contribution in [-0.4, -0.2) is 22.6 Å². The number of carbonyl (C=O) groups is 3. The largest absolute Gasteiger partial charge is 0.475 e. The first-order chi connectivity index (χ1) is 11.6. The molecule has 24 heavy (non-hydrogen) atoms. The number of fused-ring (bicyclic) bond motifs is 1. The molecule has 3 rings (SSSR count). The van der Waals surface area contributed by atoms with Gasteiger partial charge in [0, 0.05) is 5.56 Å². The van der Waals surface area contributed by atoms with Gasteiger partial charge in [-0.15, -0.1) is 0 Å². The van der Waals surface area contributed by atoms with Gasteiger partial charge in [0.2, 0.25) is 5.78 Å². The number of hydrogen-bond donors (Lipinski definition) is 1. The molecule has 0 saturated heterocycles. The molecular formula is C20H16O4. The Hall–Kier alpha value is -3.01. The number of carbonyl (C=O) groups excluding carboxylic acids is 2. The summed E-state index contributed by atoms with van der Waals surface area (Å²) in [5.74, 6) is -3.15. The smallest absolute Gasteiger partial charge is 0.372 e. The lowest BCUT2D eigenvalue weighted by molar-refractivity contribution is -0.148. The van der Waals surface area contributed by atoms with Crippen LogP contribution in [0.1, 0.15) is 39.9 Å². The van der Waals surface area contributed by atoms with Crippen LogP contribution < -0.4 is 0 Å². The number of ketones is 2. The summed E-state index contributed by atoms with van der Waals surface area (Å²) < 4.78 is 0. The van der Waals surface area contributed by atoms with E-state index in [0.29, 0.717) is 5.56 Å². The van der Waals surface area contributed by atoms with Crippen LogP contribution in [0.5, 0.6) is 0 Å². The average molecular weight is 320 g/mol. The van der Waals surface area contributed by atoms with Gasteiger partial charge in [-0.3, -0.25) is 9.59 Å². The molecule has 4 nitrogen and oxygen atoms in total. The van der Waals surface area contributed by atoms with Crippen molar-refractivity contribution in [1.82, 2.24) is 0 Å². The highest BCUT2D eigenvalue weighted by molar-refractivity contribution is 6.37. The van der Waals surface area contributed by atoms with Crippen molar-refractivity contribution in [2.45, 2.75) is 19.3 Å². The zero-order valence-electron chi connectivity index (χ0n) is 13.0. The Morgan fingerprint density at radius 1 is 1.00 bits per heavy atom. The number of carboxylic acid groups (broad SMARTS) is 1. The fourth-order valence-electron chi connectivity index (χ4n) is 2.94. The molecule has 1 N–H and O–H groups in total. The number of aliphatic carboxylic acids is 1. The summed E-state index contributed by atoms with van der Waals surface area (Å²) in [7, 11) is 0. The lowest BCUT2D eigenvalue weighted by Crippen LogP contribution is -2.17. The topological polar surface area (TPSA) is 71.4 Å². The molecular weight excluding hydrogens is 304 g/mol. The number of hydrogen-bond acceptors (Lipinski definition) is 3. The second-order valence-corrected chi connectivity index (χ2v) is 5.72. The summed E-state index contributed by atoms with van der Waals surface area (Å²) in [6, 6.07) is 15.2. The summed E-state index contributed by atoms with van der Waals surface area (Å²) in [4.78, 5) is 34.0.